The molecule has 0 bridgehead atoms. The molecule has 0 aliphatic rings. The minimum atomic E-state index is -2.92. The SMILES string of the molecule is CCn1cc[n+](CCS(=O)(=O)CC)c1.CCn1cc[n+](CCS(=O)(=O)CC)c1.CCn1cc[n+](CCS(=O)(=O)CC)c1.CCn1cc[n+](CCS(=O)(=O)CC)c1.CCn1cc[n+](CCS(=O)(=O)CC)c1.CCn1cc[n+](CCS(=O)(=O)CC)c1.CCn1cc[n+](CCS(=O)(=O)CC)c1.O=C([O-])C(=O)[O-].O=C([O-])C(=O)[O-].[O-]B([O-])[O-]. The Bertz CT molecular complexity index is 3900. The molecule has 47 heteroatoms. The van der Waals surface area contributed by atoms with Crippen molar-refractivity contribution in [3.05, 3.63) is 131 Å². The lowest BCUT2D eigenvalue weighted by Gasteiger charge is -2.35. The third kappa shape index (κ3) is 56.2. The molecule has 0 saturated carbocycles. The summed E-state index contributed by atoms with van der Waals surface area (Å²) in [5.41, 5.74) is 0. The number of hydrogen-bond donors (Lipinski definition) is 0. The van der Waals surface area contributed by atoms with Gasteiger partial charge in [0.15, 0.2) is 68.9 Å². The van der Waals surface area contributed by atoms with Crippen LogP contribution in [-0.2, 0) is 180 Å². The number of hydrogen-bond acceptors (Lipinski definition) is 25. The quantitative estimate of drug-likeness (QED) is 0.0202. The topological polar surface area (TPSA) is 530 Å². The van der Waals surface area contributed by atoms with Crippen LogP contribution in [0.4, 0.5) is 0 Å². The number of aromatic nitrogens is 14. The summed E-state index contributed by atoms with van der Waals surface area (Å²) < 4.78 is 185. The number of carbonyl (C=O) groups is 4. The average Bonchev–Trinajstić information content (AvgIpc) is 1.48. The monoisotopic (exact) mass is 1750 g/mol. The second-order valence-corrected chi connectivity index (χ2v) is 41.3. The number of imidazole rings is 7. The summed E-state index contributed by atoms with van der Waals surface area (Å²) >= 11 is 0. The van der Waals surface area contributed by atoms with Gasteiger partial charge in [-0.1, -0.05) is 48.5 Å². The Kier molecular flexibility index (Phi) is 55.9. The first kappa shape index (κ1) is 110. The number of carbonyl (C=O) groups excluding carboxylic acids is 4. The molecule has 0 radical (unpaired) electrons. The summed E-state index contributed by atoms with van der Waals surface area (Å²) in [7, 11) is -22.8. The van der Waals surface area contributed by atoms with Gasteiger partial charge < -0.3 is 54.7 Å². The Morgan fingerprint density at radius 2 is 0.333 bits per heavy atom. The lowest BCUT2D eigenvalue weighted by atomic mass is 10.3. The van der Waals surface area contributed by atoms with Gasteiger partial charge in [0.05, 0.1) is 110 Å². The fraction of sp³-hybridized carbons (Fsp3) is 0.627. The molecule has 0 N–H and O–H groups in total. The van der Waals surface area contributed by atoms with Crippen LogP contribution < -0.4 is 67.5 Å². The molecule has 0 amide bonds. The van der Waals surface area contributed by atoms with Crippen LogP contribution in [0.5, 0.6) is 0 Å². The van der Waals surface area contributed by atoms with Crippen LogP contribution in [0.25, 0.3) is 0 Å². The van der Waals surface area contributed by atoms with Crippen molar-refractivity contribution < 1.29 is 146 Å². The van der Waals surface area contributed by atoms with Gasteiger partial charge in [-0.3, -0.25) is 7.32 Å². The molecular weight excluding hydrogens is 1640 g/mol. The molecule has 114 heavy (non-hydrogen) atoms. The van der Waals surface area contributed by atoms with E-state index in [4.69, 9.17) is 54.7 Å². The van der Waals surface area contributed by atoms with Crippen molar-refractivity contribution in [1.82, 2.24) is 32.0 Å². The Hall–Kier alpha value is -8.06. The van der Waals surface area contributed by atoms with E-state index in [1.807, 2.05) is 243 Å². The first-order valence-electron chi connectivity index (χ1n) is 36.6. The van der Waals surface area contributed by atoms with Gasteiger partial charge in [0.2, 0.25) is 44.3 Å². The molecule has 7 rings (SSSR count). The van der Waals surface area contributed by atoms with E-state index in [2.05, 4.69) is 0 Å². The first-order valence-corrected chi connectivity index (χ1v) is 49.4. The highest BCUT2D eigenvalue weighted by Gasteiger charge is 2.17. The summed E-state index contributed by atoms with van der Waals surface area (Å²) in [5, 5.41) is 61.0. The van der Waals surface area contributed by atoms with Crippen molar-refractivity contribution in [2.24, 2.45) is 0 Å². The number of nitrogens with zero attached hydrogens (tertiary/aromatic N) is 14. The Balaban J connectivity index is -0.00000122. The molecule has 0 aliphatic carbocycles. The Labute approximate surface area is 673 Å². The molecule has 652 valence electrons. The highest BCUT2D eigenvalue weighted by molar-refractivity contribution is 7.92. The van der Waals surface area contributed by atoms with Crippen molar-refractivity contribution in [2.45, 2.75) is 189 Å². The van der Waals surface area contributed by atoms with Gasteiger partial charge in [0.1, 0.15) is 133 Å². The molecule has 0 unspecified atom stereocenters. The van der Waals surface area contributed by atoms with Crippen molar-refractivity contribution in [2.75, 3.05) is 80.5 Å². The number of sulfone groups is 7. The Morgan fingerprint density at radius 3 is 0.395 bits per heavy atom. The number of rotatable bonds is 35. The van der Waals surface area contributed by atoms with Crippen LogP contribution in [0, 0.1) is 0 Å². The molecule has 0 aromatic carbocycles. The summed E-state index contributed by atoms with van der Waals surface area (Å²) in [6.45, 7) is 36.3. The van der Waals surface area contributed by atoms with E-state index in [1.165, 1.54) is 0 Å². The fourth-order valence-electron chi connectivity index (χ4n) is 8.03. The summed E-state index contributed by atoms with van der Waals surface area (Å²) in [5.74, 6) is -5.60. The van der Waals surface area contributed by atoms with Gasteiger partial charge >= 0.3 is 0 Å². The maximum absolute atomic E-state index is 11.2. The normalized spacial score (nSPS) is 11.2. The maximum atomic E-state index is 11.2. The predicted octanol–water partition coefficient (Wildman–Crippen LogP) is -9.36. The van der Waals surface area contributed by atoms with E-state index < -0.39 is 100 Å². The van der Waals surface area contributed by atoms with E-state index in [0.29, 0.717) is 45.8 Å². The molecule has 7 heterocycles. The van der Waals surface area contributed by atoms with Gasteiger partial charge in [-0.2, -0.15) is 0 Å². The van der Waals surface area contributed by atoms with E-state index in [9.17, 15) is 58.9 Å². The van der Waals surface area contributed by atoms with Crippen LogP contribution in [0.1, 0.15) is 96.9 Å². The van der Waals surface area contributed by atoms with Crippen LogP contribution >= 0.6 is 0 Å². The van der Waals surface area contributed by atoms with Crippen molar-refractivity contribution in [3.8, 4) is 0 Å². The van der Waals surface area contributed by atoms with Crippen molar-refractivity contribution in [1.29, 1.82) is 0 Å². The molecule has 39 nitrogen and oxygen atoms in total. The lowest BCUT2D eigenvalue weighted by molar-refractivity contribution is -0.692. The summed E-state index contributed by atoms with van der Waals surface area (Å²) in [6, 6.07) is 0. The maximum Gasteiger partial charge on any atom is 0.243 e. The molecule has 0 spiro atoms. The third-order valence-corrected chi connectivity index (χ3v) is 27.6. The second-order valence-electron chi connectivity index (χ2n) is 24.0. The summed E-state index contributed by atoms with van der Waals surface area (Å²) in [6.07, 6.45) is 40.3. The molecule has 0 atom stereocenters. The number of aliphatic carboxylic acids is 4. The highest BCUT2D eigenvalue weighted by Crippen LogP contribution is 1.97. The highest BCUT2D eigenvalue weighted by atomic mass is 32.2. The van der Waals surface area contributed by atoms with Crippen LogP contribution in [0.3, 0.4) is 0 Å². The van der Waals surface area contributed by atoms with E-state index >= 15 is 0 Å². The minimum Gasteiger partial charge on any atom is -0.907 e. The molecule has 0 saturated heterocycles. The summed E-state index contributed by atoms with van der Waals surface area (Å²) in [4.78, 5) is 35.7. The number of carboxylic acids is 4. The zero-order valence-electron chi connectivity index (χ0n) is 67.8. The van der Waals surface area contributed by atoms with Crippen molar-refractivity contribution in [3.63, 3.8) is 0 Å². The van der Waals surface area contributed by atoms with Gasteiger partial charge in [0, 0.05) is 40.3 Å². The van der Waals surface area contributed by atoms with Gasteiger partial charge in [0.25, 0.3) is 0 Å². The molecule has 7 aromatic heterocycles. The lowest BCUT2D eigenvalue weighted by Crippen LogP contribution is -2.56. The van der Waals surface area contributed by atoms with E-state index in [1.54, 1.807) is 48.5 Å². The number of aryl methyl sites for hydroxylation is 14. The number of carboxylic acid groups (broad SMARTS) is 4. The molecule has 0 aliphatic heterocycles. The Morgan fingerprint density at radius 1 is 0.237 bits per heavy atom. The molecular formula is C67H119BN14O25S7. The smallest absolute Gasteiger partial charge is 0.243 e. The van der Waals surface area contributed by atoms with Gasteiger partial charge in [-0.15, -0.1) is 0 Å². The average molecular weight is 1760 g/mol. The second kappa shape index (κ2) is 57.9. The third-order valence-electron chi connectivity index (χ3n) is 15.8. The van der Waals surface area contributed by atoms with Crippen LogP contribution in [-0.4, -0.2) is 203 Å². The zero-order valence-corrected chi connectivity index (χ0v) is 73.5. The zero-order chi connectivity index (χ0) is 88.1. The van der Waals surface area contributed by atoms with Crippen LogP contribution in [0.2, 0.25) is 0 Å². The molecule has 0 fully saturated rings. The first-order chi connectivity index (χ1) is 53.0. The minimum absolute atomic E-state index is 0.224. The van der Waals surface area contributed by atoms with Crippen molar-refractivity contribution >= 4 is 100 Å². The molecule has 7 aromatic rings. The van der Waals surface area contributed by atoms with Gasteiger partial charge in [-0.25, -0.2) is 123 Å². The van der Waals surface area contributed by atoms with Crippen LogP contribution in [0.15, 0.2) is 131 Å². The van der Waals surface area contributed by atoms with Gasteiger partial charge in [-0.05, 0) is 48.5 Å². The predicted molar refractivity (Wildman–Crippen MR) is 408 cm³/mol. The largest absolute Gasteiger partial charge is 0.907 e. The van der Waals surface area contributed by atoms with E-state index in [0.717, 1.165) is 45.8 Å². The standard InChI is InChI=1S/7C9H17N2O2S.2C2H2O4.BO3/c7*1-3-10-5-6-11(9-10)7-8-14(12,13)4-2;2*3-1(4)2(5)6;2-1(3)4/h7*5-6,9H,3-4,7-8H2,1-2H3;2*(H,3,4)(H,5,6);/q7*+1;;;-3/p-4. The fourth-order valence-corrected chi connectivity index (χ4v) is 13.5. The van der Waals surface area contributed by atoms with E-state index in [-0.39, 0.29) is 80.5 Å².